The van der Waals surface area contributed by atoms with Gasteiger partial charge in [0.1, 0.15) is 0 Å². The number of hydrogen-bond acceptors (Lipinski definition) is 3. The van der Waals surface area contributed by atoms with Crippen LogP contribution < -0.4 is 5.32 Å². The lowest BCUT2D eigenvalue weighted by molar-refractivity contribution is 0.499. The van der Waals surface area contributed by atoms with Gasteiger partial charge in [0.15, 0.2) is 9.84 Å². The molecule has 1 rings (SSSR count). The maximum Gasteiger partial charge on any atom is 0.151 e. The van der Waals surface area contributed by atoms with Crippen LogP contribution in [-0.2, 0) is 9.84 Å². The van der Waals surface area contributed by atoms with Crippen molar-refractivity contribution in [3.05, 3.63) is 0 Å². The van der Waals surface area contributed by atoms with Crippen molar-refractivity contribution in [1.82, 2.24) is 5.32 Å². The van der Waals surface area contributed by atoms with E-state index in [1.807, 2.05) is 0 Å². The van der Waals surface area contributed by atoms with E-state index in [4.69, 9.17) is 0 Å². The topological polar surface area (TPSA) is 46.2 Å². The van der Waals surface area contributed by atoms with Crippen molar-refractivity contribution in [2.45, 2.75) is 39.2 Å². The molecule has 84 valence electrons. The first-order valence-electron chi connectivity index (χ1n) is 5.47. The third-order valence-corrected chi connectivity index (χ3v) is 4.44. The largest absolute Gasteiger partial charge is 0.313 e. The number of sulfone groups is 1. The Morgan fingerprint density at radius 1 is 1.43 bits per heavy atom. The summed E-state index contributed by atoms with van der Waals surface area (Å²) in [6, 6.07) is 0.467. The molecule has 4 heteroatoms. The smallest absolute Gasteiger partial charge is 0.151 e. The molecule has 0 aromatic heterocycles. The van der Waals surface area contributed by atoms with E-state index in [1.165, 1.54) is 19.3 Å². The van der Waals surface area contributed by atoms with Gasteiger partial charge in [-0.15, -0.1) is 0 Å². The van der Waals surface area contributed by atoms with Gasteiger partial charge in [0.25, 0.3) is 0 Å². The molecule has 14 heavy (non-hydrogen) atoms. The maximum atomic E-state index is 11.2. The molecular weight excluding hydrogens is 198 g/mol. The SMILES string of the molecule is CCS(=O)(=O)CCNC(C)CC1CC1. The molecule has 1 unspecified atom stereocenters. The van der Waals surface area contributed by atoms with E-state index in [2.05, 4.69) is 12.2 Å². The first-order chi connectivity index (χ1) is 6.53. The highest BCUT2D eigenvalue weighted by molar-refractivity contribution is 7.91. The Labute approximate surface area is 87.2 Å². The van der Waals surface area contributed by atoms with Crippen LogP contribution in [0.15, 0.2) is 0 Å². The highest BCUT2D eigenvalue weighted by Gasteiger charge is 2.23. The van der Waals surface area contributed by atoms with Crippen molar-refractivity contribution in [3.8, 4) is 0 Å². The second-order valence-electron chi connectivity index (χ2n) is 4.27. The van der Waals surface area contributed by atoms with Crippen LogP contribution in [0.5, 0.6) is 0 Å². The molecule has 0 bridgehead atoms. The Hall–Kier alpha value is -0.0900. The van der Waals surface area contributed by atoms with Crippen LogP contribution in [0.3, 0.4) is 0 Å². The molecule has 1 saturated carbocycles. The molecule has 0 saturated heterocycles. The maximum absolute atomic E-state index is 11.2. The predicted molar refractivity (Wildman–Crippen MR) is 59.1 cm³/mol. The van der Waals surface area contributed by atoms with Crippen molar-refractivity contribution < 1.29 is 8.42 Å². The lowest BCUT2D eigenvalue weighted by Crippen LogP contribution is -2.31. The van der Waals surface area contributed by atoms with Crippen LogP contribution in [-0.4, -0.2) is 32.5 Å². The molecule has 0 spiro atoms. The molecule has 3 nitrogen and oxygen atoms in total. The summed E-state index contributed by atoms with van der Waals surface area (Å²) in [5.41, 5.74) is 0. The number of rotatable bonds is 7. The Morgan fingerprint density at radius 2 is 2.07 bits per heavy atom. The predicted octanol–water partition coefficient (Wildman–Crippen LogP) is 1.20. The van der Waals surface area contributed by atoms with Crippen molar-refractivity contribution in [1.29, 1.82) is 0 Å². The highest BCUT2D eigenvalue weighted by atomic mass is 32.2. The highest BCUT2D eigenvalue weighted by Crippen LogP contribution is 2.33. The molecule has 1 aliphatic carbocycles. The van der Waals surface area contributed by atoms with E-state index in [9.17, 15) is 8.42 Å². The van der Waals surface area contributed by atoms with Gasteiger partial charge in [-0.3, -0.25) is 0 Å². The third kappa shape index (κ3) is 4.96. The molecule has 1 aliphatic rings. The summed E-state index contributed by atoms with van der Waals surface area (Å²) < 4.78 is 22.4. The van der Waals surface area contributed by atoms with E-state index in [0.29, 0.717) is 12.6 Å². The summed E-state index contributed by atoms with van der Waals surface area (Å²) in [4.78, 5) is 0. The molecule has 1 atom stereocenters. The Balaban J connectivity index is 2.07. The molecule has 0 aromatic rings. The van der Waals surface area contributed by atoms with Crippen LogP contribution >= 0.6 is 0 Å². The number of hydrogen-bond donors (Lipinski definition) is 1. The summed E-state index contributed by atoms with van der Waals surface area (Å²) in [6.45, 7) is 4.43. The molecule has 1 N–H and O–H groups in total. The fourth-order valence-corrected chi connectivity index (χ4v) is 2.26. The van der Waals surface area contributed by atoms with Gasteiger partial charge in [0, 0.05) is 18.3 Å². The third-order valence-electron chi connectivity index (χ3n) is 2.73. The fraction of sp³-hybridized carbons (Fsp3) is 1.00. The second-order valence-corrected chi connectivity index (χ2v) is 6.74. The van der Waals surface area contributed by atoms with Gasteiger partial charge in [0.05, 0.1) is 5.75 Å². The standard InChI is InChI=1S/C10H21NO2S/c1-3-14(12,13)7-6-11-9(2)8-10-4-5-10/h9-11H,3-8H2,1-2H3. The van der Waals surface area contributed by atoms with Crippen LogP contribution in [0.4, 0.5) is 0 Å². The van der Waals surface area contributed by atoms with Gasteiger partial charge >= 0.3 is 0 Å². The molecule has 0 aromatic carbocycles. The second kappa shape index (κ2) is 5.12. The van der Waals surface area contributed by atoms with Crippen LogP contribution in [0.25, 0.3) is 0 Å². The quantitative estimate of drug-likeness (QED) is 0.700. The summed E-state index contributed by atoms with van der Waals surface area (Å²) in [5.74, 6) is 1.43. The van der Waals surface area contributed by atoms with Gasteiger partial charge in [0.2, 0.25) is 0 Å². The van der Waals surface area contributed by atoms with Crippen LogP contribution in [0.2, 0.25) is 0 Å². The first kappa shape index (κ1) is 12.0. The molecule has 0 radical (unpaired) electrons. The van der Waals surface area contributed by atoms with Gasteiger partial charge in [-0.05, 0) is 19.3 Å². The fourth-order valence-electron chi connectivity index (χ4n) is 1.54. The van der Waals surface area contributed by atoms with Crippen LogP contribution in [0, 0.1) is 5.92 Å². The molecule has 0 aliphatic heterocycles. The summed E-state index contributed by atoms with van der Waals surface area (Å²) in [7, 11) is -2.79. The lowest BCUT2D eigenvalue weighted by Gasteiger charge is -2.12. The van der Waals surface area contributed by atoms with E-state index in [-0.39, 0.29) is 11.5 Å². The normalized spacial score (nSPS) is 19.6. The lowest BCUT2D eigenvalue weighted by atomic mass is 10.2. The van der Waals surface area contributed by atoms with E-state index < -0.39 is 9.84 Å². The van der Waals surface area contributed by atoms with Gasteiger partial charge < -0.3 is 5.32 Å². The summed E-state index contributed by atoms with van der Waals surface area (Å²) in [5, 5.41) is 3.27. The monoisotopic (exact) mass is 219 g/mol. The average Bonchev–Trinajstić information content (AvgIpc) is 2.88. The van der Waals surface area contributed by atoms with E-state index in [0.717, 1.165) is 5.92 Å². The molecule has 0 amide bonds. The zero-order valence-corrected chi connectivity index (χ0v) is 9.94. The Bertz CT molecular complexity index is 257. The minimum Gasteiger partial charge on any atom is -0.313 e. The first-order valence-corrected chi connectivity index (χ1v) is 7.29. The number of nitrogens with one attached hydrogen (secondary N) is 1. The minimum absolute atomic E-state index is 0.256. The zero-order valence-electron chi connectivity index (χ0n) is 9.12. The van der Waals surface area contributed by atoms with Gasteiger partial charge in [-0.2, -0.15) is 0 Å². The van der Waals surface area contributed by atoms with Crippen LogP contribution in [0.1, 0.15) is 33.1 Å². The van der Waals surface area contributed by atoms with Gasteiger partial charge in [-0.25, -0.2) is 8.42 Å². The van der Waals surface area contributed by atoms with E-state index in [1.54, 1.807) is 6.92 Å². The van der Waals surface area contributed by atoms with E-state index >= 15 is 0 Å². The Morgan fingerprint density at radius 3 is 2.57 bits per heavy atom. The molecule has 0 heterocycles. The summed E-state index contributed by atoms with van der Waals surface area (Å²) >= 11 is 0. The molecular formula is C10H21NO2S. The van der Waals surface area contributed by atoms with Crippen molar-refractivity contribution in [3.63, 3.8) is 0 Å². The zero-order chi connectivity index (χ0) is 10.6. The van der Waals surface area contributed by atoms with Crippen molar-refractivity contribution in [2.24, 2.45) is 5.92 Å². The van der Waals surface area contributed by atoms with Crippen molar-refractivity contribution >= 4 is 9.84 Å². The van der Waals surface area contributed by atoms with Crippen molar-refractivity contribution in [2.75, 3.05) is 18.1 Å². The average molecular weight is 219 g/mol. The van der Waals surface area contributed by atoms with Gasteiger partial charge in [-0.1, -0.05) is 19.8 Å². The molecule has 1 fully saturated rings. The minimum atomic E-state index is -2.79. The Kier molecular flexibility index (Phi) is 4.38. The summed E-state index contributed by atoms with van der Waals surface area (Å²) in [6.07, 6.45) is 3.92.